The van der Waals surface area contributed by atoms with Crippen LogP contribution in [0, 0.1) is 13.7 Å². The Morgan fingerprint density at radius 3 is 2.65 bits per heavy atom. The van der Waals surface area contributed by atoms with Crippen molar-refractivity contribution < 1.29 is 19.6 Å². The molecule has 1 aliphatic rings. The number of nitrogens with one attached hydrogen (secondary N) is 1. The Bertz CT molecular complexity index is 1880. The first-order valence-corrected chi connectivity index (χ1v) is 13.8. The molecule has 1 atom stereocenters. The first kappa shape index (κ1) is 27.3. The fourth-order valence-electron chi connectivity index (χ4n) is 4.44. The van der Waals surface area contributed by atoms with E-state index in [2.05, 4.69) is 10.3 Å². The summed E-state index contributed by atoms with van der Waals surface area (Å²) in [5.74, 6) is -0.284. The largest absolute Gasteiger partial charge is 0.501 e. The number of anilines is 1. The summed E-state index contributed by atoms with van der Waals surface area (Å²) < 4.78 is 7.40. The number of amides is 1. The Morgan fingerprint density at radius 2 is 1.95 bits per heavy atom. The van der Waals surface area contributed by atoms with Gasteiger partial charge in [-0.05, 0) is 77.0 Å². The van der Waals surface area contributed by atoms with Crippen LogP contribution in [-0.2, 0) is 4.79 Å². The van der Waals surface area contributed by atoms with Crippen molar-refractivity contribution in [2.45, 2.75) is 13.0 Å². The molecule has 5 rings (SSSR count). The highest BCUT2D eigenvalue weighted by Crippen LogP contribution is 2.34. The van der Waals surface area contributed by atoms with E-state index in [1.165, 1.54) is 23.8 Å². The third-order valence-corrected chi connectivity index (χ3v) is 8.07. The van der Waals surface area contributed by atoms with Gasteiger partial charge in [-0.15, -0.1) is 0 Å². The number of methoxy groups -OCH3 is 1. The highest BCUT2D eigenvalue weighted by Gasteiger charge is 2.33. The van der Waals surface area contributed by atoms with Gasteiger partial charge in [0.25, 0.3) is 11.5 Å². The topological polar surface area (TPSA) is 136 Å². The maximum absolute atomic E-state index is 13.9. The fraction of sp³-hybridized carbons (Fsp3) is 0.107. The fourth-order valence-corrected chi connectivity index (χ4v) is 6.12. The number of hydrogen-bond donors (Lipinski definition) is 2. The summed E-state index contributed by atoms with van der Waals surface area (Å²) in [7, 11) is 1.53. The summed E-state index contributed by atoms with van der Waals surface area (Å²) >= 11 is 2.91. The lowest BCUT2D eigenvalue weighted by Gasteiger charge is -2.25. The highest BCUT2D eigenvalue weighted by atomic mass is 127. The highest BCUT2D eigenvalue weighted by molar-refractivity contribution is 14.1. The molecule has 3 aromatic carbocycles. The van der Waals surface area contributed by atoms with Crippen LogP contribution in [0.3, 0.4) is 0 Å². The van der Waals surface area contributed by atoms with Gasteiger partial charge in [0.05, 0.1) is 37.4 Å². The maximum atomic E-state index is 13.9. The third kappa shape index (κ3) is 5.14. The number of carbonyl (C=O) groups excluding carboxylic acids is 1. The van der Waals surface area contributed by atoms with E-state index in [1.54, 1.807) is 78.0 Å². The monoisotopic (exact) mass is 668 g/mol. The van der Waals surface area contributed by atoms with E-state index in [0.29, 0.717) is 38.6 Å². The number of ether oxygens (including phenoxy) is 1. The predicted molar refractivity (Wildman–Crippen MR) is 159 cm³/mol. The lowest BCUT2D eigenvalue weighted by molar-refractivity contribution is -0.386. The van der Waals surface area contributed by atoms with Gasteiger partial charge in [0, 0.05) is 11.8 Å². The number of nitrogens with zero attached hydrogens (tertiary/aromatic N) is 3. The molecule has 1 aliphatic heterocycles. The molecular formula is C28H21IN4O6S. The average molecular weight is 668 g/mol. The normalized spacial score (nSPS) is 14.9. The van der Waals surface area contributed by atoms with Gasteiger partial charge in [-0.1, -0.05) is 41.7 Å². The SMILES string of the molecule is COc1cccc([C@@H]2C(C(=O)Nc3ccccc3)=C(C)N=c3s/c(=C\c4cc(I)c(O)c([N+](=O)[O-])c4)c(=O)n32)c1. The minimum Gasteiger partial charge on any atom is -0.501 e. The van der Waals surface area contributed by atoms with E-state index in [9.17, 15) is 24.8 Å². The Balaban J connectivity index is 1.70. The lowest BCUT2D eigenvalue weighted by Crippen LogP contribution is -2.40. The van der Waals surface area contributed by atoms with E-state index >= 15 is 0 Å². The van der Waals surface area contributed by atoms with Crippen LogP contribution in [0.25, 0.3) is 6.08 Å². The number of aromatic hydroxyl groups is 1. The van der Waals surface area contributed by atoms with Crippen molar-refractivity contribution in [3.05, 3.63) is 122 Å². The number of hydrogen-bond acceptors (Lipinski definition) is 8. The van der Waals surface area contributed by atoms with Crippen molar-refractivity contribution >= 4 is 57.3 Å². The van der Waals surface area contributed by atoms with E-state index in [4.69, 9.17) is 4.74 Å². The third-order valence-electron chi connectivity index (χ3n) is 6.27. The zero-order valence-electron chi connectivity index (χ0n) is 21.1. The van der Waals surface area contributed by atoms with Gasteiger partial charge in [-0.25, -0.2) is 4.99 Å². The molecule has 0 saturated carbocycles. The zero-order chi connectivity index (χ0) is 28.6. The number of fused-ring (bicyclic) bond motifs is 1. The first-order valence-electron chi connectivity index (χ1n) is 11.9. The van der Waals surface area contributed by atoms with Gasteiger partial charge in [0.2, 0.25) is 5.75 Å². The number of nitro groups is 1. The lowest BCUT2D eigenvalue weighted by atomic mass is 9.95. The number of benzene rings is 3. The Hall–Kier alpha value is -4.30. The van der Waals surface area contributed by atoms with E-state index in [-0.39, 0.29) is 8.10 Å². The van der Waals surface area contributed by atoms with Gasteiger partial charge in [0.1, 0.15) is 5.75 Å². The van der Waals surface area contributed by atoms with Crippen molar-refractivity contribution in [1.82, 2.24) is 4.57 Å². The number of aromatic nitrogens is 1. The summed E-state index contributed by atoms with van der Waals surface area (Å²) in [6, 6.07) is 18.1. The van der Waals surface area contributed by atoms with Crippen LogP contribution in [0.4, 0.5) is 11.4 Å². The van der Waals surface area contributed by atoms with Crippen molar-refractivity contribution in [3.8, 4) is 11.5 Å². The Labute approximate surface area is 244 Å². The molecule has 1 amide bonds. The maximum Gasteiger partial charge on any atom is 0.312 e. The second-order valence-electron chi connectivity index (χ2n) is 8.81. The number of thiazole rings is 1. The molecule has 10 nitrogen and oxygen atoms in total. The van der Waals surface area contributed by atoms with Crippen molar-refractivity contribution in [2.75, 3.05) is 12.4 Å². The van der Waals surface area contributed by atoms with Crippen LogP contribution in [-0.4, -0.2) is 27.6 Å². The standard InChI is InChI=1S/C28H21IN4O6S/c1-15-23(26(35)31-18-8-4-3-5-9-18)24(17-7-6-10-19(14-17)39-2)32-27(36)22(40-28(32)30-15)13-16-11-20(29)25(34)21(12-16)33(37)38/h3-14,24,34H,1-2H3,(H,31,35)/b22-13-/t24-/m1/s1. The Kier molecular flexibility index (Phi) is 7.54. The summed E-state index contributed by atoms with van der Waals surface area (Å²) in [5, 5.41) is 24.4. The molecule has 12 heteroatoms. The van der Waals surface area contributed by atoms with Crippen molar-refractivity contribution in [3.63, 3.8) is 0 Å². The molecule has 0 bridgehead atoms. The second kappa shape index (κ2) is 11.1. The van der Waals surface area contributed by atoms with Crippen LogP contribution in [0.1, 0.15) is 24.1 Å². The average Bonchev–Trinajstić information content (AvgIpc) is 3.24. The molecule has 4 aromatic rings. The predicted octanol–water partition coefficient (Wildman–Crippen LogP) is 4.10. The van der Waals surface area contributed by atoms with Gasteiger partial charge >= 0.3 is 5.69 Å². The van der Waals surface area contributed by atoms with E-state index in [1.807, 2.05) is 12.1 Å². The quantitative estimate of drug-likeness (QED) is 0.181. The number of rotatable bonds is 6. The summed E-state index contributed by atoms with van der Waals surface area (Å²) in [6.07, 6.45) is 1.52. The van der Waals surface area contributed by atoms with Crippen LogP contribution in [0.5, 0.6) is 11.5 Å². The van der Waals surface area contributed by atoms with E-state index < -0.39 is 33.9 Å². The molecule has 0 radical (unpaired) electrons. The molecule has 0 saturated heterocycles. The van der Waals surface area contributed by atoms with Gasteiger partial charge in [-0.3, -0.25) is 24.3 Å². The molecule has 1 aromatic heterocycles. The molecule has 0 spiro atoms. The second-order valence-corrected chi connectivity index (χ2v) is 11.0. The molecule has 2 N–H and O–H groups in total. The number of halogens is 1. The number of allylic oxidation sites excluding steroid dienone is 1. The number of para-hydroxylation sites is 1. The van der Waals surface area contributed by atoms with Gasteiger partial charge in [-0.2, -0.15) is 0 Å². The van der Waals surface area contributed by atoms with E-state index in [0.717, 1.165) is 11.3 Å². The number of phenolic OH excluding ortho intramolecular Hbond substituents is 1. The zero-order valence-corrected chi connectivity index (χ0v) is 24.1. The number of phenols is 1. The van der Waals surface area contributed by atoms with Crippen LogP contribution < -0.4 is 24.9 Å². The summed E-state index contributed by atoms with van der Waals surface area (Å²) in [4.78, 5) is 43.2. The Morgan fingerprint density at radius 1 is 1.20 bits per heavy atom. The van der Waals surface area contributed by atoms with Crippen molar-refractivity contribution in [1.29, 1.82) is 0 Å². The minimum atomic E-state index is -0.813. The molecule has 40 heavy (non-hydrogen) atoms. The number of nitro benzene ring substituents is 1. The first-order chi connectivity index (χ1) is 19.2. The molecule has 0 fully saturated rings. The molecule has 0 unspecified atom stereocenters. The van der Waals surface area contributed by atoms with Crippen LogP contribution in [0.15, 0.2) is 87.8 Å². The summed E-state index contributed by atoms with van der Waals surface area (Å²) in [5.41, 5.74) is 1.48. The van der Waals surface area contributed by atoms with Gasteiger partial charge < -0.3 is 15.2 Å². The number of carbonyl (C=O) groups is 1. The van der Waals surface area contributed by atoms with Crippen molar-refractivity contribution in [2.24, 2.45) is 4.99 Å². The van der Waals surface area contributed by atoms with Crippen LogP contribution >= 0.6 is 33.9 Å². The minimum absolute atomic E-state index is 0.264. The molecular weight excluding hydrogens is 647 g/mol. The smallest absolute Gasteiger partial charge is 0.312 e. The summed E-state index contributed by atoms with van der Waals surface area (Å²) in [6.45, 7) is 1.72. The molecule has 0 aliphatic carbocycles. The van der Waals surface area contributed by atoms with Gasteiger partial charge in [0.15, 0.2) is 4.80 Å². The van der Waals surface area contributed by atoms with Crippen LogP contribution in [0.2, 0.25) is 0 Å². The molecule has 2 heterocycles. The molecule has 202 valence electrons.